The first-order valence-electron chi connectivity index (χ1n) is 8.15. The van der Waals surface area contributed by atoms with Gasteiger partial charge in [-0.25, -0.2) is 0 Å². The fourth-order valence-electron chi connectivity index (χ4n) is 4.02. The van der Waals surface area contributed by atoms with E-state index in [4.69, 9.17) is 4.74 Å². The van der Waals surface area contributed by atoms with E-state index in [0.717, 1.165) is 18.9 Å². The predicted molar refractivity (Wildman–Crippen MR) is 76.8 cm³/mol. The van der Waals surface area contributed by atoms with Gasteiger partial charge in [0, 0.05) is 18.8 Å². The molecule has 0 saturated carbocycles. The molecule has 118 valence electrons. The van der Waals surface area contributed by atoms with Gasteiger partial charge in [-0.05, 0) is 32.1 Å². The van der Waals surface area contributed by atoms with E-state index in [0.29, 0.717) is 18.9 Å². The van der Waals surface area contributed by atoms with Crippen LogP contribution in [0, 0.1) is 5.92 Å². The Morgan fingerprint density at radius 1 is 1.20 bits per heavy atom. The second-order valence-electron chi connectivity index (χ2n) is 6.68. The summed E-state index contributed by atoms with van der Waals surface area (Å²) in [5, 5.41) is 0. The highest BCUT2D eigenvalue weighted by atomic mass is 127. The van der Waals surface area contributed by atoms with Crippen LogP contribution in [0.2, 0.25) is 0 Å². The Balaban J connectivity index is 0.00000200. The lowest BCUT2D eigenvalue weighted by Crippen LogP contribution is -3.00. The number of nitrogens with zero attached hydrogens (tertiary/aromatic N) is 1. The Morgan fingerprint density at radius 2 is 1.95 bits per heavy atom. The second kappa shape index (κ2) is 8.57. The summed E-state index contributed by atoms with van der Waals surface area (Å²) < 4.78 is 6.76. The molecule has 2 heterocycles. The van der Waals surface area contributed by atoms with E-state index in [9.17, 15) is 4.79 Å². The van der Waals surface area contributed by atoms with Crippen molar-refractivity contribution in [3.8, 4) is 0 Å². The van der Waals surface area contributed by atoms with E-state index in [-0.39, 0.29) is 29.9 Å². The van der Waals surface area contributed by atoms with Crippen LogP contribution in [0.3, 0.4) is 0 Å². The van der Waals surface area contributed by atoms with Crippen molar-refractivity contribution >= 4 is 5.97 Å². The Morgan fingerprint density at radius 3 is 2.70 bits per heavy atom. The normalized spacial score (nSPS) is 32.9. The molecule has 0 bridgehead atoms. The Bertz CT molecular complexity index is 307. The average Bonchev–Trinajstić information content (AvgIpc) is 2.41. The van der Waals surface area contributed by atoms with E-state index >= 15 is 0 Å². The molecule has 0 spiro atoms. The van der Waals surface area contributed by atoms with Crippen molar-refractivity contribution in [2.24, 2.45) is 5.92 Å². The molecule has 3 atom stereocenters. The van der Waals surface area contributed by atoms with Gasteiger partial charge < -0.3 is 33.2 Å². The highest BCUT2D eigenvalue weighted by Gasteiger charge is 2.43. The van der Waals surface area contributed by atoms with Crippen LogP contribution in [0.5, 0.6) is 0 Å². The minimum Gasteiger partial charge on any atom is -1.00 e. The second-order valence-corrected chi connectivity index (χ2v) is 6.68. The molecule has 0 radical (unpaired) electrons. The van der Waals surface area contributed by atoms with Gasteiger partial charge in [0.05, 0.1) is 32.8 Å². The van der Waals surface area contributed by atoms with E-state index in [1.54, 1.807) is 0 Å². The Kier molecular flexibility index (Phi) is 7.80. The smallest absolute Gasteiger partial charge is 0.305 e. The lowest BCUT2D eigenvalue weighted by molar-refractivity contribution is -0.947. The first-order valence-corrected chi connectivity index (χ1v) is 8.15. The lowest BCUT2D eigenvalue weighted by atomic mass is 9.82. The number of halogens is 1. The number of fused-ring (bicyclic) bond motifs is 1. The minimum atomic E-state index is 0. The number of esters is 1. The number of hydrogen-bond donors (Lipinski definition) is 0. The predicted octanol–water partition coefficient (Wildman–Crippen LogP) is 0.133. The molecule has 2 rings (SSSR count). The van der Waals surface area contributed by atoms with Gasteiger partial charge >= 0.3 is 5.97 Å². The molecular formula is C16H30INO2. The molecule has 3 nitrogen and oxygen atoms in total. The molecule has 1 unspecified atom stereocenters. The van der Waals surface area contributed by atoms with Crippen LogP contribution in [0.1, 0.15) is 58.3 Å². The van der Waals surface area contributed by atoms with E-state index < -0.39 is 0 Å². The molecule has 0 aliphatic carbocycles. The molecule has 0 N–H and O–H groups in total. The van der Waals surface area contributed by atoms with Crippen LogP contribution in [0.15, 0.2) is 0 Å². The highest BCUT2D eigenvalue weighted by Crippen LogP contribution is 2.36. The van der Waals surface area contributed by atoms with Crippen LogP contribution >= 0.6 is 0 Å². The first-order chi connectivity index (χ1) is 9.15. The minimum absolute atomic E-state index is 0. The molecule has 0 aromatic rings. The van der Waals surface area contributed by atoms with Gasteiger partial charge in [0.1, 0.15) is 0 Å². The number of ether oxygens (including phenoxy) is 1. The van der Waals surface area contributed by atoms with Gasteiger partial charge in [-0.15, -0.1) is 0 Å². The molecule has 2 saturated heterocycles. The fraction of sp³-hybridized carbons (Fsp3) is 0.938. The summed E-state index contributed by atoms with van der Waals surface area (Å²) in [5.74, 6) is 0.613. The Labute approximate surface area is 141 Å². The molecule has 4 heteroatoms. The van der Waals surface area contributed by atoms with E-state index in [1.165, 1.54) is 49.7 Å². The maximum absolute atomic E-state index is 11.7. The van der Waals surface area contributed by atoms with Gasteiger partial charge in [-0.3, -0.25) is 4.79 Å². The zero-order chi connectivity index (χ0) is 13.7. The quantitative estimate of drug-likeness (QED) is 0.376. The fourth-order valence-corrected chi connectivity index (χ4v) is 4.02. The molecule has 2 aliphatic rings. The van der Waals surface area contributed by atoms with Crippen molar-refractivity contribution < 1.29 is 38.0 Å². The largest absolute Gasteiger partial charge is 1.00 e. The number of carbonyl (C=O) groups is 1. The van der Waals surface area contributed by atoms with Crippen molar-refractivity contribution in [1.29, 1.82) is 0 Å². The maximum atomic E-state index is 11.7. The van der Waals surface area contributed by atoms with Crippen LogP contribution < -0.4 is 24.0 Å². The molecule has 2 aliphatic heterocycles. The monoisotopic (exact) mass is 395 g/mol. The van der Waals surface area contributed by atoms with Crippen molar-refractivity contribution in [2.75, 3.05) is 26.7 Å². The lowest BCUT2D eigenvalue weighted by Gasteiger charge is -2.51. The van der Waals surface area contributed by atoms with Gasteiger partial charge in [0.2, 0.25) is 0 Å². The molecule has 0 amide bonds. The third kappa shape index (κ3) is 4.58. The van der Waals surface area contributed by atoms with Crippen molar-refractivity contribution in [2.45, 2.75) is 64.3 Å². The van der Waals surface area contributed by atoms with E-state index in [2.05, 4.69) is 14.0 Å². The molecule has 20 heavy (non-hydrogen) atoms. The van der Waals surface area contributed by atoms with Crippen LogP contribution in [-0.4, -0.2) is 43.2 Å². The highest BCUT2D eigenvalue weighted by molar-refractivity contribution is 5.69. The maximum Gasteiger partial charge on any atom is 0.305 e. The summed E-state index contributed by atoms with van der Waals surface area (Å²) in [5.41, 5.74) is 0. The number of carbonyl (C=O) groups excluding carboxylic acids is 1. The summed E-state index contributed by atoms with van der Waals surface area (Å²) in [6.07, 6.45) is 9.23. The van der Waals surface area contributed by atoms with E-state index in [1.807, 2.05) is 0 Å². The van der Waals surface area contributed by atoms with Crippen LogP contribution in [-0.2, 0) is 9.53 Å². The molecule has 2 fully saturated rings. The van der Waals surface area contributed by atoms with Crippen molar-refractivity contribution in [3.63, 3.8) is 0 Å². The van der Waals surface area contributed by atoms with Crippen molar-refractivity contribution in [1.82, 2.24) is 0 Å². The van der Waals surface area contributed by atoms with Gasteiger partial charge in [0.15, 0.2) is 0 Å². The molecular weight excluding hydrogens is 365 g/mol. The number of quaternary nitrogens is 1. The zero-order valence-electron chi connectivity index (χ0n) is 13.1. The summed E-state index contributed by atoms with van der Waals surface area (Å²) in [6, 6.07) is 0.737. The first kappa shape index (κ1) is 18.2. The number of piperidine rings is 2. The number of hydrogen-bond acceptors (Lipinski definition) is 2. The van der Waals surface area contributed by atoms with Gasteiger partial charge in [-0.2, -0.15) is 0 Å². The number of rotatable bonds is 5. The number of unbranched alkanes of at least 4 members (excludes halogenated alkanes) is 1. The SMILES string of the molecule is CCCCC(=O)OC[C@@H]1CCC[N+]2(C)CCCC[C@H]12.[I-]. The van der Waals surface area contributed by atoms with Crippen LogP contribution in [0.25, 0.3) is 0 Å². The third-order valence-corrected chi connectivity index (χ3v) is 5.20. The van der Waals surface area contributed by atoms with Gasteiger partial charge in [-0.1, -0.05) is 13.3 Å². The average molecular weight is 395 g/mol. The molecule has 0 aromatic heterocycles. The summed E-state index contributed by atoms with van der Waals surface area (Å²) in [7, 11) is 2.41. The van der Waals surface area contributed by atoms with Gasteiger partial charge in [0.25, 0.3) is 0 Å². The zero-order valence-corrected chi connectivity index (χ0v) is 15.2. The summed E-state index contributed by atoms with van der Waals surface area (Å²) in [6.45, 7) is 5.43. The Hall–Kier alpha value is 0.160. The summed E-state index contributed by atoms with van der Waals surface area (Å²) >= 11 is 0. The van der Waals surface area contributed by atoms with Crippen LogP contribution in [0.4, 0.5) is 0 Å². The standard InChI is InChI=1S/C16H30NO2.HI/c1-3-4-10-16(18)19-13-14-8-7-12-17(2)11-6-5-9-15(14)17;/h14-15H,3-13H2,1-2H3;1H/q+1;/p-1/t14-,15+,17?;/m0./s1. The molecule has 0 aromatic carbocycles. The van der Waals surface area contributed by atoms with Crippen molar-refractivity contribution in [3.05, 3.63) is 0 Å². The third-order valence-electron chi connectivity index (χ3n) is 5.20. The topological polar surface area (TPSA) is 26.3 Å². The summed E-state index contributed by atoms with van der Waals surface area (Å²) in [4.78, 5) is 11.7.